The van der Waals surface area contributed by atoms with Crippen LogP contribution in [0.2, 0.25) is 0 Å². The van der Waals surface area contributed by atoms with E-state index in [2.05, 4.69) is 36.5 Å². The van der Waals surface area contributed by atoms with Gasteiger partial charge in [-0.05, 0) is 24.1 Å². The van der Waals surface area contributed by atoms with Gasteiger partial charge in [0.25, 0.3) is 0 Å². The summed E-state index contributed by atoms with van der Waals surface area (Å²) >= 11 is 0. The smallest absolute Gasteiger partial charge is 0.338 e. The average Bonchev–Trinajstić information content (AvgIpc) is 2.49. The lowest BCUT2D eigenvalue weighted by atomic mass is 10.1. The number of hydrogen-bond acceptors (Lipinski definition) is 3. The third-order valence-electron chi connectivity index (χ3n) is 3.19. The van der Waals surface area contributed by atoms with Crippen LogP contribution in [0.4, 0.5) is 0 Å². The SMILES string of the molecule is COC(=O)c1ccccc1CNCc1ccc(C)cc1. The van der Waals surface area contributed by atoms with Crippen LogP contribution in [-0.4, -0.2) is 13.1 Å². The molecule has 0 aliphatic heterocycles. The van der Waals surface area contributed by atoms with Gasteiger partial charge in [0.15, 0.2) is 0 Å². The zero-order valence-corrected chi connectivity index (χ0v) is 11.8. The minimum absolute atomic E-state index is 0.294. The van der Waals surface area contributed by atoms with Crippen molar-refractivity contribution in [2.24, 2.45) is 0 Å². The lowest BCUT2D eigenvalue weighted by molar-refractivity contribution is 0.0599. The van der Waals surface area contributed by atoms with E-state index in [4.69, 9.17) is 4.74 Å². The predicted octanol–water partition coefficient (Wildman–Crippen LogP) is 3.07. The molecule has 0 fully saturated rings. The number of carbonyl (C=O) groups is 1. The number of carbonyl (C=O) groups excluding carboxylic acids is 1. The normalized spacial score (nSPS) is 10.3. The summed E-state index contributed by atoms with van der Waals surface area (Å²) in [5.41, 5.74) is 4.05. The van der Waals surface area contributed by atoms with Crippen molar-refractivity contribution in [1.82, 2.24) is 5.32 Å². The van der Waals surface area contributed by atoms with Crippen molar-refractivity contribution in [3.63, 3.8) is 0 Å². The monoisotopic (exact) mass is 269 g/mol. The summed E-state index contributed by atoms with van der Waals surface area (Å²) in [4.78, 5) is 11.7. The summed E-state index contributed by atoms with van der Waals surface area (Å²) in [6, 6.07) is 15.9. The van der Waals surface area contributed by atoms with Crippen LogP contribution in [0.1, 0.15) is 27.0 Å². The first kappa shape index (κ1) is 14.3. The Hall–Kier alpha value is -2.13. The van der Waals surface area contributed by atoms with Crippen LogP contribution >= 0.6 is 0 Å². The van der Waals surface area contributed by atoms with Gasteiger partial charge in [0, 0.05) is 13.1 Å². The molecule has 0 amide bonds. The maximum atomic E-state index is 11.7. The highest BCUT2D eigenvalue weighted by atomic mass is 16.5. The lowest BCUT2D eigenvalue weighted by Gasteiger charge is -2.09. The van der Waals surface area contributed by atoms with Gasteiger partial charge in [-0.25, -0.2) is 4.79 Å². The van der Waals surface area contributed by atoms with E-state index in [1.54, 1.807) is 6.07 Å². The molecule has 0 aliphatic carbocycles. The Labute approximate surface area is 119 Å². The van der Waals surface area contributed by atoms with Crippen molar-refractivity contribution in [2.45, 2.75) is 20.0 Å². The molecule has 0 unspecified atom stereocenters. The first-order chi connectivity index (χ1) is 9.70. The Kier molecular flexibility index (Phi) is 4.91. The molecule has 0 radical (unpaired) electrons. The summed E-state index contributed by atoms with van der Waals surface area (Å²) in [6.45, 7) is 3.48. The Morgan fingerprint density at radius 2 is 1.75 bits per heavy atom. The van der Waals surface area contributed by atoms with Gasteiger partial charge in [-0.1, -0.05) is 48.0 Å². The zero-order valence-electron chi connectivity index (χ0n) is 11.8. The highest BCUT2D eigenvalue weighted by Crippen LogP contribution is 2.10. The topological polar surface area (TPSA) is 38.3 Å². The van der Waals surface area contributed by atoms with Crippen molar-refractivity contribution >= 4 is 5.97 Å². The van der Waals surface area contributed by atoms with E-state index >= 15 is 0 Å². The van der Waals surface area contributed by atoms with Gasteiger partial charge in [-0.15, -0.1) is 0 Å². The summed E-state index contributed by atoms with van der Waals surface area (Å²) < 4.78 is 4.79. The minimum Gasteiger partial charge on any atom is -0.465 e. The molecule has 0 aliphatic rings. The van der Waals surface area contributed by atoms with E-state index in [1.165, 1.54) is 18.2 Å². The number of hydrogen-bond donors (Lipinski definition) is 1. The Morgan fingerprint density at radius 3 is 2.45 bits per heavy atom. The van der Waals surface area contributed by atoms with Crippen molar-refractivity contribution in [3.05, 3.63) is 70.8 Å². The number of methoxy groups -OCH3 is 1. The molecule has 0 heterocycles. The second-order valence-electron chi connectivity index (χ2n) is 4.74. The summed E-state index contributed by atoms with van der Waals surface area (Å²) in [5.74, 6) is -0.294. The summed E-state index contributed by atoms with van der Waals surface area (Å²) in [7, 11) is 1.40. The van der Waals surface area contributed by atoms with Crippen LogP contribution in [0.15, 0.2) is 48.5 Å². The van der Waals surface area contributed by atoms with Crippen molar-refractivity contribution in [3.8, 4) is 0 Å². The van der Waals surface area contributed by atoms with Crippen molar-refractivity contribution in [2.75, 3.05) is 7.11 Å². The molecular weight excluding hydrogens is 250 g/mol. The Morgan fingerprint density at radius 1 is 1.05 bits per heavy atom. The van der Waals surface area contributed by atoms with Crippen LogP contribution in [-0.2, 0) is 17.8 Å². The van der Waals surface area contributed by atoms with Crippen LogP contribution in [0.3, 0.4) is 0 Å². The average molecular weight is 269 g/mol. The van der Waals surface area contributed by atoms with E-state index < -0.39 is 0 Å². The van der Waals surface area contributed by atoms with E-state index in [-0.39, 0.29) is 5.97 Å². The highest BCUT2D eigenvalue weighted by molar-refractivity contribution is 5.90. The zero-order chi connectivity index (χ0) is 14.4. The molecule has 2 aromatic rings. The van der Waals surface area contributed by atoms with Gasteiger partial charge in [0.05, 0.1) is 12.7 Å². The number of nitrogens with one attached hydrogen (secondary N) is 1. The second kappa shape index (κ2) is 6.87. The molecule has 0 saturated heterocycles. The van der Waals surface area contributed by atoms with Gasteiger partial charge < -0.3 is 10.1 Å². The Balaban J connectivity index is 1.97. The van der Waals surface area contributed by atoms with Gasteiger partial charge in [-0.3, -0.25) is 0 Å². The molecule has 3 heteroatoms. The number of rotatable bonds is 5. The number of benzene rings is 2. The van der Waals surface area contributed by atoms with Gasteiger partial charge in [0.2, 0.25) is 0 Å². The molecule has 0 bridgehead atoms. The quantitative estimate of drug-likeness (QED) is 0.848. The first-order valence-corrected chi connectivity index (χ1v) is 6.63. The minimum atomic E-state index is -0.294. The standard InChI is InChI=1S/C17H19NO2/c1-13-7-9-14(10-8-13)11-18-12-15-5-3-4-6-16(15)17(19)20-2/h3-10,18H,11-12H2,1-2H3. The number of esters is 1. The number of aryl methyl sites for hydroxylation is 1. The number of ether oxygens (including phenoxy) is 1. The van der Waals surface area contributed by atoms with E-state index in [1.807, 2.05) is 18.2 Å². The summed E-state index contributed by atoms with van der Waals surface area (Å²) in [6.07, 6.45) is 0. The van der Waals surface area contributed by atoms with Crippen molar-refractivity contribution in [1.29, 1.82) is 0 Å². The fourth-order valence-electron chi connectivity index (χ4n) is 2.03. The fraction of sp³-hybridized carbons (Fsp3) is 0.235. The molecule has 0 saturated carbocycles. The van der Waals surface area contributed by atoms with Crippen LogP contribution in [0, 0.1) is 6.92 Å². The van der Waals surface area contributed by atoms with Crippen molar-refractivity contribution < 1.29 is 9.53 Å². The van der Waals surface area contributed by atoms with E-state index in [0.717, 1.165) is 12.1 Å². The molecule has 0 aromatic heterocycles. The Bertz CT molecular complexity index is 576. The third-order valence-corrected chi connectivity index (χ3v) is 3.19. The van der Waals surface area contributed by atoms with E-state index in [9.17, 15) is 4.79 Å². The predicted molar refractivity (Wildman–Crippen MR) is 79.5 cm³/mol. The molecule has 20 heavy (non-hydrogen) atoms. The molecule has 0 atom stereocenters. The molecule has 2 aromatic carbocycles. The highest BCUT2D eigenvalue weighted by Gasteiger charge is 2.10. The van der Waals surface area contributed by atoms with Gasteiger partial charge in [0.1, 0.15) is 0 Å². The molecule has 2 rings (SSSR count). The molecular formula is C17H19NO2. The molecule has 104 valence electrons. The molecule has 3 nitrogen and oxygen atoms in total. The van der Waals surface area contributed by atoms with Gasteiger partial charge in [-0.2, -0.15) is 0 Å². The fourth-order valence-corrected chi connectivity index (χ4v) is 2.03. The third kappa shape index (κ3) is 3.68. The maximum Gasteiger partial charge on any atom is 0.338 e. The van der Waals surface area contributed by atoms with Crippen LogP contribution in [0.5, 0.6) is 0 Å². The lowest BCUT2D eigenvalue weighted by Crippen LogP contribution is -2.16. The summed E-state index contributed by atoms with van der Waals surface area (Å²) in [5, 5.41) is 3.35. The van der Waals surface area contributed by atoms with E-state index in [0.29, 0.717) is 12.1 Å². The van der Waals surface area contributed by atoms with Crippen LogP contribution in [0.25, 0.3) is 0 Å². The molecule has 0 spiro atoms. The largest absolute Gasteiger partial charge is 0.465 e. The second-order valence-corrected chi connectivity index (χ2v) is 4.74. The molecule has 1 N–H and O–H groups in total. The maximum absolute atomic E-state index is 11.7. The first-order valence-electron chi connectivity index (χ1n) is 6.63. The van der Waals surface area contributed by atoms with Gasteiger partial charge >= 0.3 is 5.97 Å². The van der Waals surface area contributed by atoms with Crippen LogP contribution < -0.4 is 5.32 Å².